The Morgan fingerprint density at radius 3 is 2.31 bits per heavy atom. The molecule has 0 radical (unpaired) electrons. The minimum absolute atomic E-state index is 0.162. The van der Waals surface area contributed by atoms with Crippen LogP contribution in [0, 0.1) is 17.2 Å². The Morgan fingerprint density at radius 1 is 1.62 bits per heavy atom. The first-order chi connectivity index (χ1) is 5.81. The number of hydrogen-bond acceptors (Lipinski definition) is 2. The SMILES string of the molecule is CC(C)(C[C@H](C#N)C(F)F)S(N)=O. The summed E-state index contributed by atoms with van der Waals surface area (Å²) in [5, 5.41) is 13.5. The molecule has 0 spiro atoms. The Balaban J connectivity index is 4.42. The normalized spacial score (nSPS) is 16.7. The molecule has 0 saturated carbocycles. The third-order valence-corrected chi connectivity index (χ3v) is 2.98. The monoisotopic (exact) mass is 210 g/mol. The van der Waals surface area contributed by atoms with Gasteiger partial charge in [0.25, 0.3) is 6.43 Å². The van der Waals surface area contributed by atoms with Gasteiger partial charge in [-0.2, -0.15) is 5.26 Å². The summed E-state index contributed by atoms with van der Waals surface area (Å²) in [4.78, 5) is 0. The highest BCUT2D eigenvalue weighted by Crippen LogP contribution is 2.24. The molecule has 0 bridgehead atoms. The number of nitrogens with two attached hydrogens (primary N) is 1. The van der Waals surface area contributed by atoms with Crippen LogP contribution in [0.15, 0.2) is 0 Å². The summed E-state index contributed by atoms with van der Waals surface area (Å²) in [5.74, 6) is -1.40. The maximum atomic E-state index is 12.1. The lowest BCUT2D eigenvalue weighted by molar-refractivity contribution is 0.0952. The lowest BCUT2D eigenvalue weighted by atomic mass is 9.98. The number of hydrogen-bond donors (Lipinski definition) is 1. The molecule has 3 nitrogen and oxygen atoms in total. The lowest BCUT2D eigenvalue weighted by Crippen LogP contribution is -2.35. The molecule has 0 fully saturated rings. The zero-order valence-electron chi connectivity index (χ0n) is 7.46. The fourth-order valence-electron chi connectivity index (χ4n) is 0.803. The molecule has 6 heteroatoms. The number of nitriles is 1. The average Bonchev–Trinajstić information content (AvgIpc) is 1.99. The Bertz CT molecular complexity index is 237. The first kappa shape index (κ1) is 12.5. The molecule has 0 aliphatic rings. The number of alkyl halides is 2. The zero-order valence-corrected chi connectivity index (χ0v) is 8.28. The second kappa shape index (κ2) is 4.63. The van der Waals surface area contributed by atoms with Crippen molar-refractivity contribution in [2.75, 3.05) is 0 Å². The van der Waals surface area contributed by atoms with E-state index in [1.54, 1.807) is 0 Å². The standard InChI is InChI=1S/C7H12F2N2OS/c1-7(2,13(11)12)3-5(4-10)6(8)9/h5-6H,3,11H2,1-2H3/t5-,13?/m1/s1. The van der Waals surface area contributed by atoms with Crippen LogP contribution in [0.5, 0.6) is 0 Å². The third kappa shape index (κ3) is 3.79. The first-order valence-electron chi connectivity index (χ1n) is 3.65. The average molecular weight is 210 g/mol. The molecule has 1 unspecified atom stereocenters. The molecular weight excluding hydrogens is 198 g/mol. The molecule has 0 aromatic carbocycles. The van der Waals surface area contributed by atoms with Gasteiger partial charge in [0.1, 0.15) is 5.92 Å². The van der Waals surface area contributed by atoms with Gasteiger partial charge >= 0.3 is 0 Å². The summed E-state index contributed by atoms with van der Waals surface area (Å²) in [7, 11) is -1.70. The molecule has 0 amide bonds. The fraction of sp³-hybridized carbons (Fsp3) is 0.857. The number of halogens is 2. The molecule has 76 valence electrons. The van der Waals surface area contributed by atoms with Crippen LogP contribution in [0.1, 0.15) is 20.3 Å². The van der Waals surface area contributed by atoms with Crippen molar-refractivity contribution >= 4 is 11.0 Å². The van der Waals surface area contributed by atoms with Crippen molar-refractivity contribution in [1.29, 1.82) is 5.26 Å². The third-order valence-electron chi connectivity index (χ3n) is 1.73. The zero-order chi connectivity index (χ0) is 10.6. The van der Waals surface area contributed by atoms with Crippen LogP contribution in [-0.4, -0.2) is 15.4 Å². The van der Waals surface area contributed by atoms with Gasteiger partial charge in [0.05, 0.1) is 21.8 Å². The van der Waals surface area contributed by atoms with Crippen LogP contribution >= 0.6 is 0 Å². The summed E-state index contributed by atoms with van der Waals surface area (Å²) in [6.45, 7) is 2.99. The minimum Gasteiger partial charge on any atom is -0.251 e. The summed E-state index contributed by atoms with van der Waals surface area (Å²) in [6, 6.07) is 1.47. The van der Waals surface area contributed by atoms with E-state index in [-0.39, 0.29) is 6.42 Å². The van der Waals surface area contributed by atoms with Crippen LogP contribution in [0.2, 0.25) is 0 Å². The fourth-order valence-corrected chi connectivity index (χ4v) is 1.15. The van der Waals surface area contributed by atoms with E-state index < -0.39 is 28.1 Å². The van der Waals surface area contributed by atoms with Gasteiger partial charge in [0.15, 0.2) is 0 Å². The molecule has 0 heterocycles. The van der Waals surface area contributed by atoms with E-state index in [2.05, 4.69) is 0 Å². The van der Waals surface area contributed by atoms with Gasteiger partial charge in [-0.3, -0.25) is 5.14 Å². The smallest absolute Gasteiger partial charge is 0.251 e. The van der Waals surface area contributed by atoms with Crippen LogP contribution in [0.25, 0.3) is 0 Å². The molecule has 13 heavy (non-hydrogen) atoms. The van der Waals surface area contributed by atoms with Crippen molar-refractivity contribution in [1.82, 2.24) is 0 Å². The number of nitrogens with zero attached hydrogens (tertiary/aromatic N) is 1. The van der Waals surface area contributed by atoms with Gasteiger partial charge in [-0.1, -0.05) is 0 Å². The highest BCUT2D eigenvalue weighted by atomic mass is 32.2. The Hall–Kier alpha value is -0.540. The van der Waals surface area contributed by atoms with Crippen LogP contribution in [-0.2, 0) is 11.0 Å². The summed E-state index contributed by atoms with van der Waals surface area (Å²) in [6.07, 6.45) is -2.88. The molecule has 0 rings (SSSR count). The van der Waals surface area contributed by atoms with Crippen LogP contribution in [0.3, 0.4) is 0 Å². The lowest BCUT2D eigenvalue weighted by Gasteiger charge is -2.23. The van der Waals surface area contributed by atoms with E-state index in [1.165, 1.54) is 19.9 Å². The number of rotatable bonds is 4. The van der Waals surface area contributed by atoms with Crippen molar-refractivity contribution in [3.8, 4) is 6.07 Å². The van der Waals surface area contributed by atoms with Crippen LogP contribution < -0.4 is 5.14 Å². The summed E-state index contributed by atoms with van der Waals surface area (Å²) < 4.78 is 34.2. The molecule has 0 aromatic heterocycles. The summed E-state index contributed by atoms with van der Waals surface area (Å²) in [5.41, 5.74) is 0. The predicted octanol–water partition coefficient (Wildman–Crippen LogP) is 1.18. The van der Waals surface area contributed by atoms with Crippen molar-refractivity contribution in [3.05, 3.63) is 0 Å². The minimum atomic E-state index is -2.71. The van der Waals surface area contributed by atoms with Crippen molar-refractivity contribution in [2.45, 2.75) is 31.4 Å². The van der Waals surface area contributed by atoms with E-state index in [1.807, 2.05) is 0 Å². The Morgan fingerprint density at radius 2 is 2.08 bits per heavy atom. The van der Waals surface area contributed by atoms with E-state index in [0.717, 1.165) is 0 Å². The van der Waals surface area contributed by atoms with E-state index in [0.29, 0.717) is 0 Å². The Labute approximate surface area is 78.5 Å². The maximum Gasteiger partial charge on any atom is 0.254 e. The first-order valence-corrected chi connectivity index (χ1v) is 4.86. The van der Waals surface area contributed by atoms with Crippen molar-refractivity contribution < 1.29 is 13.0 Å². The second-order valence-corrected chi connectivity index (χ2v) is 5.03. The van der Waals surface area contributed by atoms with Gasteiger partial charge in [0.2, 0.25) is 0 Å². The quantitative estimate of drug-likeness (QED) is 0.757. The molecule has 2 N–H and O–H groups in total. The van der Waals surface area contributed by atoms with Crippen molar-refractivity contribution in [2.24, 2.45) is 11.1 Å². The molecule has 0 aliphatic carbocycles. The van der Waals surface area contributed by atoms with E-state index in [4.69, 9.17) is 10.4 Å². The second-order valence-electron chi connectivity index (χ2n) is 3.33. The van der Waals surface area contributed by atoms with Gasteiger partial charge in [0, 0.05) is 0 Å². The largest absolute Gasteiger partial charge is 0.254 e. The van der Waals surface area contributed by atoms with Crippen LogP contribution in [0.4, 0.5) is 8.78 Å². The molecule has 0 saturated heterocycles. The highest BCUT2D eigenvalue weighted by Gasteiger charge is 2.32. The van der Waals surface area contributed by atoms with E-state index in [9.17, 15) is 13.0 Å². The van der Waals surface area contributed by atoms with E-state index >= 15 is 0 Å². The molecule has 0 aromatic rings. The molecule has 2 atom stereocenters. The van der Waals surface area contributed by atoms with Gasteiger partial charge in [-0.05, 0) is 20.3 Å². The van der Waals surface area contributed by atoms with Gasteiger partial charge < -0.3 is 0 Å². The highest BCUT2D eigenvalue weighted by molar-refractivity contribution is 7.84. The summed E-state index contributed by atoms with van der Waals surface area (Å²) >= 11 is 0. The van der Waals surface area contributed by atoms with Crippen molar-refractivity contribution in [3.63, 3.8) is 0 Å². The predicted molar refractivity (Wildman–Crippen MR) is 46.1 cm³/mol. The topological polar surface area (TPSA) is 66.9 Å². The Kier molecular flexibility index (Phi) is 4.44. The van der Waals surface area contributed by atoms with Gasteiger partial charge in [-0.15, -0.1) is 0 Å². The molecular formula is C7H12F2N2OS. The van der Waals surface area contributed by atoms with Gasteiger partial charge in [-0.25, -0.2) is 13.0 Å². The molecule has 0 aliphatic heterocycles. The maximum absolute atomic E-state index is 12.1.